The summed E-state index contributed by atoms with van der Waals surface area (Å²) in [5, 5.41) is 54.3. The molecule has 0 radical (unpaired) electrons. The molecule has 0 saturated carbocycles. The van der Waals surface area contributed by atoms with E-state index in [1.54, 1.807) is 6.08 Å². The molecule has 0 aliphatic carbocycles. The van der Waals surface area contributed by atoms with Crippen LogP contribution in [0, 0.1) is 0 Å². The SMILES string of the molecule is CCCCCCC/C=C/CC/C=C/C(O)C(COC1OC(CO)C(O)C(O)C1O)NC(=O)CCCCCCCCCCCCCCCCCCCCCCCCCCCCCCCCCCCCCC. The van der Waals surface area contributed by atoms with Crippen molar-refractivity contribution in [2.45, 2.75) is 346 Å². The molecule has 7 unspecified atom stereocenters. The Morgan fingerprint density at radius 3 is 1.20 bits per heavy atom. The largest absolute Gasteiger partial charge is 0.394 e. The highest BCUT2D eigenvalue weighted by Gasteiger charge is 2.44. The van der Waals surface area contributed by atoms with E-state index in [-0.39, 0.29) is 12.5 Å². The maximum absolute atomic E-state index is 13.0. The van der Waals surface area contributed by atoms with Crippen LogP contribution in [0.25, 0.3) is 0 Å². The number of nitrogens with one attached hydrogen (secondary N) is 1. The molecule has 1 rings (SSSR count). The van der Waals surface area contributed by atoms with Crippen molar-refractivity contribution in [3.8, 4) is 0 Å². The van der Waals surface area contributed by atoms with Gasteiger partial charge in [0.1, 0.15) is 24.4 Å². The second-order valence-corrected chi connectivity index (χ2v) is 21.5. The summed E-state index contributed by atoms with van der Waals surface area (Å²) in [6.07, 6.45) is 58.7. The van der Waals surface area contributed by atoms with Crippen LogP contribution in [0.2, 0.25) is 0 Å². The molecule has 0 aromatic carbocycles. The standard InChI is InChI=1S/C61H117NO8/c1-3-5-7-9-11-13-15-16-17-18-19-20-21-22-23-24-25-26-27-28-29-30-31-32-33-34-35-36-37-38-39-41-43-45-47-49-51-57(65)62-54(53-69-61-60(68)59(67)58(66)56(52-63)70-61)55(64)50-48-46-44-42-40-14-12-10-8-6-4-2/h40,42,48,50,54-56,58-61,63-64,66-68H,3-39,41,43-47,49,51-53H2,1-2H3,(H,62,65)/b42-40+,50-48+. The average Bonchev–Trinajstić information content (AvgIpc) is 3.36. The van der Waals surface area contributed by atoms with Gasteiger partial charge in [-0.2, -0.15) is 0 Å². The van der Waals surface area contributed by atoms with Gasteiger partial charge in [-0.25, -0.2) is 0 Å². The van der Waals surface area contributed by atoms with E-state index in [1.165, 1.54) is 244 Å². The third kappa shape index (κ3) is 40.1. The van der Waals surface area contributed by atoms with Crippen LogP contribution in [-0.4, -0.2) is 87.5 Å². The molecule has 1 saturated heterocycles. The van der Waals surface area contributed by atoms with Gasteiger partial charge in [0.05, 0.1) is 25.4 Å². The molecular weight excluding hydrogens is 875 g/mol. The number of rotatable bonds is 53. The first-order valence-corrected chi connectivity index (χ1v) is 30.6. The van der Waals surface area contributed by atoms with E-state index in [1.807, 2.05) is 6.08 Å². The number of aliphatic hydroxyl groups is 5. The van der Waals surface area contributed by atoms with E-state index in [4.69, 9.17) is 9.47 Å². The first-order valence-electron chi connectivity index (χ1n) is 30.6. The van der Waals surface area contributed by atoms with Crippen molar-refractivity contribution >= 4 is 5.91 Å². The fourth-order valence-electron chi connectivity index (χ4n) is 9.94. The van der Waals surface area contributed by atoms with E-state index in [0.717, 1.165) is 38.5 Å². The van der Waals surface area contributed by atoms with E-state index in [9.17, 15) is 30.3 Å². The lowest BCUT2D eigenvalue weighted by molar-refractivity contribution is -0.302. The third-order valence-corrected chi connectivity index (χ3v) is 14.8. The number of hydrogen-bond acceptors (Lipinski definition) is 8. The van der Waals surface area contributed by atoms with Gasteiger partial charge in [0.2, 0.25) is 5.91 Å². The summed E-state index contributed by atoms with van der Waals surface area (Å²) < 4.78 is 11.2. The summed E-state index contributed by atoms with van der Waals surface area (Å²) >= 11 is 0. The lowest BCUT2D eigenvalue weighted by Gasteiger charge is -2.40. The van der Waals surface area contributed by atoms with Gasteiger partial charge in [-0.1, -0.05) is 289 Å². The summed E-state index contributed by atoms with van der Waals surface area (Å²) in [5.74, 6) is -0.183. The molecule has 1 aliphatic rings. The van der Waals surface area contributed by atoms with Crippen molar-refractivity contribution in [2.75, 3.05) is 13.2 Å². The summed E-state index contributed by atoms with van der Waals surface area (Å²) in [5.41, 5.74) is 0. The van der Waals surface area contributed by atoms with Gasteiger partial charge < -0.3 is 40.3 Å². The Kier molecular flexibility index (Phi) is 48.7. The number of hydrogen-bond donors (Lipinski definition) is 6. The summed E-state index contributed by atoms with van der Waals surface area (Å²) in [4.78, 5) is 13.0. The Hall–Kier alpha value is -1.33. The molecule has 0 aromatic rings. The van der Waals surface area contributed by atoms with Crippen molar-refractivity contribution in [2.24, 2.45) is 0 Å². The first kappa shape index (κ1) is 66.7. The average molecular weight is 993 g/mol. The monoisotopic (exact) mass is 992 g/mol. The Balaban J connectivity index is 2.03. The highest BCUT2D eigenvalue weighted by molar-refractivity contribution is 5.76. The summed E-state index contributed by atoms with van der Waals surface area (Å²) in [6.45, 7) is 3.76. The van der Waals surface area contributed by atoms with Crippen LogP contribution in [0.1, 0.15) is 303 Å². The fourth-order valence-corrected chi connectivity index (χ4v) is 9.94. The number of unbranched alkanes of at least 4 members (excludes halogenated alkanes) is 41. The minimum absolute atomic E-state index is 0.183. The zero-order valence-electron chi connectivity index (χ0n) is 46.0. The minimum Gasteiger partial charge on any atom is -0.394 e. The Bertz CT molecular complexity index is 1150. The predicted octanol–water partition coefficient (Wildman–Crippen LogP) is 15.4. The van der Waals surface area contributed by atoms with Gasteiger partial charge in [0.25, 0.3) is 0 Å². The number of allylic oxidation sites excluding steroid dienone is 3. The highest BCUT2D eigenvalue weighted by Crippen LogP contribution is 2.23. The molecule has 7 atom stereocenters. The first-order chi connectivity index (χ1) is 34.3. The highest BCUT2D eigenvalue weighted by atomic mass is 16.7. The van der Waals surface area contributed by atoms with Gasteiger partial charge in [-0.05, 0) is 32.1 Å². The van der Waals surface area contributed by atoms with Gasteiger partial charge in [-0.15, -0.1) is 0 Å². The van der Waals surface area contributed by atoms with Gasteiger partial charge >= 0.3 is 0 Å². The lowest BCUT2D eigenvalue weighted by atomic mass is 9.99. The van der Waals surface area contributed by atoms with Crippen LogP contribution in [0.5, 0.6) is 0 Å². The smallest absolute Gasteiger partial charge is 0.220 e. The molecule has 0 spiro atoms. The van der Waals surface area contributed by atoms with Crippen LogP contribution in [-0.2, 0) is 14.3 Å². The number of aliphatic hydroxyl groups excluding tert-OH is 5. The van der Waals surface area contributed by atoms with Crippen LogP contribution in [0.4, 0.5) is 0 Å². The molecular formula is C61H117NO8. The molecule has 1 aliphatic heterocycles. The van der Waals surface area contributed by atoms with Crippen LogP contribution in [0.15, 0.2) is 24.3 Å². The minimum atomic E-state index is -1.57. The molecule has 1 amide bonds. The number of ether oxygens (including phenoxy) is 2. The van der Waals surface area contributed by atoms with E-state index >= 15 is 0 Å². The third-order valence-electron chi connectivity index (χ3n) is 14.8. The molecule has 414 valence electrons. The molecule has 9 heteroatoms. The van der Waals surface area contributed by atoms with Crippen molar-refractivity contribution < 1.29 is 39.8 Å². The molecule has 0 aromatic heterocycles. The number of amides is 1. The summed E-state index contributed by atoms with van der Waals surface area (Å²) in [7, 11) is 0. The maximum atomic E-state index is 13.0. The Morgan fingerprint density at radius 1 is 0.471 bits per heavy atom. The zero-order valence-corrected chi connectivity index (χ0v) is 46.0. The summed E-state index contributed by atoms with van der Waals surface area (Å²) in [6, 6.07) is -0.817. The number of carbonyl (C=O) groups is 1. The van der Waals surface area contributed by atoms with Crippen molar-refractivity contribution in [3.05, 3.63) is 24.3 Å². The maximum Gasteiger partial charge on any atom is 0.220 e. The Labute approximate surface area is 432 Å². The van der Waals surface area contributed by atoms with E-state index in [0.29, 0.717) is 6.42 Å². The molecule has 70 heavy (non-hydrogen) atoms. The van der Waals surface area contributed by atoms with E-state index < -0.39 is 49.5 Å². The second-order valence-electron chi connectivity index (χ2n) is 21.5. The lowest BCUT2D eigenvalue weighted by Crippen LogP contribution is -2.60. The fraction of sp³-hybridized carbons (Fsp3) is 0.918. The van der Waals surface area contributed by atoms with Crippen LogP contribution < -0.4 is 5.32 Å². The van der Waals surface area contributed by atoms with Crippen molar-refractivity contribution in [1.82, 2.24) is 5.32 Å². The zero-order chi connectivity index (χ0) is 50.8. The van der Waals surface area contributed by atoms with E-state index in [2.05, 4.69) is 31.3 Å². The van der Waals surface area contributed by atoms with Gasteiger partial charge in [0, 0.05) is 6.42 Å². The molecule has 9 nitrogen and oxygen atoms in total. The molecule has 6 N–H and O–H groups in total. The van der Waals surface area contributed by atoms with Crippen LogP contribution in [0.3, 0.4) is 0 Å². The van der Waals surface area contributed by atoms with Crippen molar-refractivity contribution in [1.29, 1.82) is 0 Å². The second kappa shape index (κ2) is 51.2. The molecule has 1 fully saturated rings. The van der Waals surface area contributed by atoms with Crippen LogP contribution >= 0.6 is 0 Å². The van der Waals surface area contributed by atoms with Gasteiger partial charge in [-0.3, -0.25) is 4.79 Å². The normalized spacial score (nSPS) is 19.4. The number of carbonyl (C=O) groups excluding carboxylic acids is 1. The topological polar surface area (TPSA) is 149 Å². The predicted molar refractivity (Wildman–Crippen MR) is 295 cm³/mol. The molecule has 1 heterocycles. The Morgan fingerprint density at radius 2 is 0.814 bits per heavy atom. The quantitative estimate of drug-likeness (QED) is 0.0261. The van der Waals surface area contributed by atoms with Gasteiger partial charge in [0.15, 0.2) is 6.29 Å². The molecule has 0 bridgehead atoms. The van der Waals surface area contributed by atoms with Crippen molar-refractivity contribution in [3.63, 3.8) is 0 Å².